The van der Waals surface area contributed by atoms with Crippen molar-refractivity contribution < 1.29 is 0 Å². The number of hydrogen-bond acceptors (Lipinski definition) is 1. The van der Waals surface area contributed by atoms with Crippen LogP contribution in [0, 0.1) is 13.8 Å². The molecule has 0 aliphatic carbocycles. The Morgan fingerprint density at radius 3 is 2.26 bits per heavy atom. The summed E-state index contributed by atoms with van der Waals surface area (Å²) in [4.78, 5) is 0. The summed E-state index contributed by atoms with van der Waals surface area (Å²) >= 11 is 0. The third-order valence-electron chi connectivity index (χ3n) is 3.37. The Kier molecular flexibility index (Phi) is 2.96. The van der Waals surface area contributed by atoms with E-state index >= 15 is 0 Å². The Labute approximate surface area is 113 Å². The second-order valence-corrected chi connectivity index (χ2v) is 5.02. The minimum absolute atomic E-state index is 1.12. The van der Waals surface area contributed by atoms with Crippen molar-refractivity contribution in [1.82, 2.24) is 0 Å². The molecule has 0 atom stereocenters. The van der Waals surface area contributed by atoms with Gasteiger partial charge in [0.2, 0.25) is 0 Å². The van der Waals surface area contributed by atoms with Gasteiger partial charge in [-0.1, -0.05) is 53.6 Å². The van der Waals surface area contributed by atoms with Gasteiger partial charge in [-0.2, -0.15) is 0 Å². The van der Waals surface area contributed by atoms with E-state index in [0.717, 1.165) is 11.4 Å². The molecule has 0 unspecified atom stereocenters. The second-order valence-electron chi connectivity index (χ2n) is 5.02. The number of anilines is 2. The van der Waals surface area contributed by atoms with Crippen LogP contribution in [0.25, 0.3) is 10.8 Å². The molecule has 94 valence electrons. The molecule has 1 heteroatoms. The summed E-state index contributed by atoms with van der Waals surface area (Å²) in [6.45, 7) is 4.23. The molecule has 0 radical (unpaired) electrons. The first-order valence-electron chi connectivity index (χ1n) is 6.55. The van der Waals surface area contributed by atoms with Crippen molar-refractivity contribution in [3.63, 3.8) is 0 Å². The van der Waals surface area contributed by atoms with Crippen LogP contribution in [0.5, 0.6) is 0 Å². The molecule has 0 aromatic heterocycles. The van der Waals surface area contributed by atoms with Gasteiger partial charge in [-0.15, -0.1) is 0 Å². The molecule has 0 aliphatic rings. The first-order valence-corrected chi connectivity index (χ1v) is 6.55. The monoisotopic (exact) mass is 247 g/mol. The van der Waals surface area contributed by atoms with Gasteiger partial charge in [-0.05, 0) is 37.4 Å². The van der Waals surface area contributed by atoms with Crippen molar-refractivity contribution in [3.05, 3.63) is 71.8 Å². The Hall–Kier alpha value is -2.28. The SMILES string of the molecule is Cc1ccc(Nc2cccc3cc(C)ccc23)cc1. The lowest BCUT2D eigenvalue weighted by Crippen LogP contribution is -1.91. The molecular formula is C18H17N. The molecule has 19 heavy (non-hydrogen) atoms. The van der Waals surface area contributed by atoms with E-state index in [9.17, 15) is 0 Å². The normalized spacial score (nSPS) is 10.6. The zero-order valence-electron chi connectivity index (χ0n) is 11.3. The van der Waals surface area contributed by atoms with E-state index in [1.165, 1.54) is 21.9 Å². The molecule has 0 saturated heterocycles. The summed E-state index contributed by atoms with van der Waals surface area (Å²) in [7, 11) is 0. The van der Waals surface area contributed by atoms with E-state index in [-0.39, 0.29) is 0 Å². The average molecular weight is 247 g/mol. The Balaban J connectivity index is 2.03. The van der Waals surface area contributed by atoms with E-state index in [1.54, 1.807) is 0 Å². The molecule has 0 aliphatic heterocycles. The van der Waals surface area contributed by atoms with E-state index in [4.69, 9.17) is 0 Å². The van der Waals surface area contributed by atoms with Gasteiger partial charge in [0.05, 0.1) is 0 Å². The van der Waals surface area contributed by atoms with Gasteiger partial charge in [0.25, 0.3) is 0 Å². The third-order valence-corrected chi connectivity index (χ3v) is 3.37. The summed E-state index contributed by atoms with van der Waals surface area (Å²) in [5, 5.41) is 6.03. The highest BCUT2D eigenvalue weighted by molar-refractivity contribution is 5.95. The number of aryl methyl sites for hydroxylation is 2. The van der Waals surface area contributed by atoms with Crippen LogP contribution in [0.3, 0.4) is 0 Å². The Bertz CT molecular complexity index is 711. The second kappa shape index (κ2) is 4.77. The van der Waals surface area contributed by atoms with E-state index in [2.05, 4.69) is 79.8 Å². The Morgan fingerprint density at radius 1 is 0.737 bits per heavy atom. The fourth-order valence-electron chi connectivity index (χ4n) is 2.30. The first kappa shape index (κ1) is 11.8. The molecular weight excluding hydrogens is 230 g/mol. The molecule has 0 bridgehead atoms. The smallest absolute Gasteiger partial charge is 0.0463 e. The fraction of sp³-hybridized carbons (Fsp3) is 0.111. The predicted molar refractivity (Wildman–Crippen MR) is 83.1 cm³/mol. The van der Waals surface area contributed by atoms with Crippen LogP contribution in [-0.2, 0) is 0 Å². The highest BCUT2D eigenvalue weighted by Crippen LogP contribution is 2.27. The molecule has 0 fully saturated rings. The van der Waals surface area contributed by atoms with Crippen molar-refractivity contribution >= 4 is 22.1 Å². The summed E-state index contributed by atoms with van der Waals surface area (Å²) in [6.07, 6.45) is 0. The lowest BCUT2D eigenvalue weighted by atomic mass is 10.1. The van der Waals surface area contributed by atoms with Crippen LogP contribution in [0.15, 0.2) is 60.7 Å². The third kappa shape index (κ3) is 2.45. The standard InChI is InChI=1S/C18H17N/c1-13-6-9-16(10-7-13)19-18-5-3-4-15-12-14(2)8-11-17(15)18/h3-12,19H,1-2H3. The van der Waals surface area contributed by atoms with Crippen molar-refractivity contribution in [2.75, 3.05) is 5.32 Å². The summed E-state index contributed by atoms with van der Waals surface area (Å²) < 4.78 is 0. The molecule has 0 saturated carbocycles. The largest absolute Gasteiger partial charge is 0.355 e. The number of fused-ring (bicyclic) bond motifs is 1. The first-order chi connectivity index (χ1) is 9.22. The lowest BCUT2D eigenvalue weighted by molar-refractivity contribution is 1.46. The zero-order valence-corrected chi connectivity index (χ0v) is 11.3. The Morgan fingerprint density at radius 2 is 1.47 bits per heavy atom. The molecule has 0 amide bonds. The van der Waals surface area contributed by atoms with Crippen LogP contribution in [0.4, 0.5) is 11.4 Å². The minimum Gasteiger partial charge on any atom is -0.355 e. The maximum absolute atomic E-state index is 3.49. The van der Waals surface area contributed by atoms with Crippen molar-refractivity contribution in [1.29, 1.82) is 0 Å². The van der Waals surface area contributed by atoms with Crippen LogP contribution in [0.1, 0.15) is 11.1 Å². The molecule has 0 spiro atoms. The van der Waals surface area contributed by atoms with Gasteiger partial charge in [0.1, 0.15) is 0 Å². The molecule has 3 aromatic carbocycles. The summed E-state index contributed by atoms with van der Waals surface area (Å²) in [6, 6.07) is 21.4. The number of rotatable bonds is 2. The van der Waals surface area contributed by atoms with Gasteiger partial charge in [-0.25, -0.2) is 0 Å². The zero-order chi connectivity index (χ0) is 13.2. The number of nitrogens with one attached hydrogen (secondary N) is 1. The van der Waals surface area contributed by atoms with E-state index < -0.39 is 0 Å². The van der Waals surface area contributed by atoms with Crippen LogP contribution >= 0.6 is 0 Å². The van der Waals surface area contributed by atoms with Crippen LogP contribution < -0.4 is 5.32 Å². The minimum atomic E-state index is 1.12. The van der Waals surface area contributed by atoms with E-state index in [1.807, 2.05) is 0 Å². The van der Waals surface area contributed by atoms with Gasteiger partial charge in [0, 0.05) is 16.8 Å². The predicted octanol–water partition coefficient (Wildman–Crippen LogP) is 5.20. The lowest BCUT2D eigenvalue weighted by Gasteiger charge is -2.10. The quantitative estimate of drug-likeness (QED) is 0.656. The van der Waals surface area contributed by atoms with Gasteiger partial charge in [0.15, 0.2) is 0 Å². The number of hydrogen-bond donors (Lipinski definition) is 1. The molecule has 3 rings (SSSR count). The molecule has 0 heterocycles. The maximum atomic E-state index is 3.49. The topological polar surface area (TPSA) is 12.0 Å². The molecule has 1 N–H and O–H groups in total. The van der Waals surface area contributed by atoms with Gasteiger partial charge < -0.3 is 5.32 Å². The van der Waals surface area contributed by atoms with E-state index in [0.29, 0.717) is 0 Å². The summed E-state index contributed by atoms with van der Waals surface area (Å²) in [5.74, 6) is 0. The highest BCUT2D eigenvalue weighted by atomic mass is 14.9. The molecule has 3 aromatic rings. The molecule has 1 nitrogen and oxygen atoms in total. The van der Waals surface area contributed by atoms with Gasteiger partial charge >= 0.3 is 0 Å². The summed E-state index contributed by atoms with van der Waals surface area (Å²) in [5.41, 5.74) is 4.85. The van der Waals surface area contributed by atoms with Crippen LogP contribution in [-0.4, -0.2) is 0 Å². The van der Waals surface area contributed by atoms with Crippen LogP contribution in [0.2, 0.25) is 0 Å². The average Bonchev–Trinajstić information content (AvgIpc) is 2.41. The van der Waals surface area contributed by atoms with Crippen molar-refractivity contribution in [2.45, 2.75) is 13.8 Å². The van der Waals surface area contributed by atoms with Gasteiger partial charge in [-0.3, -0.25) is 0 Å². The number of benzene rings is 3. The maximum Gasteiger partial charge on any atom is 0.0463 e. The van der Waals surface area contributed by atoms with Crippen molar-refractivity contribution in [2.24, 2.45) is 0 Å². The van der Waals surface area contributed by atoms with Crippen molar-refractivity contribution in [3.8, 4) is 0 Å². The fourth-order valence-corrected chi connectivity index (χ4v) is 2.30. The highest BCUT2D eigenvalue weighted by Gasteiger charge is 2.01.